The minimum atomic E-state index is -7.19. The van der Waals surface area contributed by atoms with Gasteiger partial charge in [0.15, 0.2) is 6.04 Å². The van der Waals surface area contributed by atoms with Crippen LogP contribution in [0.2, 0.25) is 0 Å². The van der Waals surface area contributed by atoms with E-state index in [9.17, 15) is 52.3 Å². The van der Waals surface area contributed by atoms with Gasteiger partial charge in [-0.3, -0.25) is 4.55 Å². The third-order valence-electron chi connectivity index (χ3n) is 2.62. The summed E-state index contributed by atoms with van der Waals surface area (Å²) in [4.78, 5) is 0. The van der Waals surface area contributed by atoms with Crippen molar-refractivity contribution in [2.24, 2.45) is 0 Å². The molecule has 0 bridgehead atoms. The summed E-state index contributed by atoms with van der Waals surface area (Å²) in [7, 11) is -6.13. The highest BCUT2D eigenvalue weighted by atomic mass is 32.2. The molecule has 2 N–H and O–H groups in total. The molecule has 0 amide bonds. The fourth-order valence-corrected chi connectivity index (χ4v) is 2.10. The van der Waals surface area contributed by atoms with Crippen molar-refractivity contribution in [2.45, 2.75) is 35.7 Å². The summed E-state index contributed by atoms with van der Waals surface area (Å²) in [6.07, 6.45) is 0. The highest BCUT2D eigenvalue weighted by Crippen LogP contribution is 2.64. The summed E-state index contributed by atoms with van der Waals surface area (Å²) in [6.45, 7) is 0. The number of hydrogen-bond acceptors (Lipinski definition) is 2. The van der Waals surface area contributed by atoms with Crippen molar-refractivity contribution >= 4 is 10.3 Å². The van der Waals surface area contributed by atoms with E-state index in [0.717, 1.165) is 0 Å². The predicted octanol–water partition coefficient (Wildman–Crippen LogP) is 1.94. The van der Waals surface area contributed by atoms with Crippen molar-refractivity contribution in [1.29, 1.82) is 0 Å². The molecule has 0 spiro atoms. The third kappa shape index (κ3) is 2.08. The van der Waals surface area contributed by atoms with Crippen molar-refractivity contribution in [1.82, 2.24) is 4.72 Å². The Balaban J connectivity index is 3.66. The monoisotopic (exact) mass is 359 g/mol. The molecule has 21 heavy (non-hydrogen) atoms. The van der Waals surface area contributed by atoms with Gasteiger partial charge in [0.25, 0.3) is 0 Å². The second-order valence-electron chi connectivity index (χ2n) is 4.00. The standard InChI is InChI=1S/C6H3F10NO3S/c7-2(8)1(17-21(18,19)20)3(9,10)5(13,14)6(15,16)4(2,11)12/h1,17H,(H,18,19,20). The Labute approximate surface area is 109 Å². The van der Waals surface area contributed by atoms with Gasteiger partial charge in [-0.05, 0) is 0 Å². The van der Waals surface area contributed by atoms with Gasteiger partial charge in [-0.2, -0.15) is 57.0 Å². The van der Waals surface area contributed by atoms with E-state index in [1.165, 1.54) is 0 Å². The molecular weight excluding hydrogens is 356 g/mol. The van der Waals surface area contributed by atoms with Crippen LogP contribution in [0.1, 0.15) is 0 Å². The molecule has 1 rings (SSSR count). The molecule has 0 aromatic carbocycles. The first kappa shape index (κ1) is 18.2. The lowest BCUT2D eigenvalue weighted by molar-refractivity contribution is -0.450. The maximum Gasteiger partial charge on any atom is 0.384 e. The van der Waals surface area contributed by atoms with Crippen LogP contribution in [0.25, 0.3) is 0 Å². The van der Waals surface area contributed by atoms with Crippen molar-refractivity contribution in [3.63, 3.8) is 0 Å². The van der Waals surface area contributed by atoms with E-state index in [1.54, 1.807) is 0 Å². The minimum absolute atomic E-state index is 0.278. The Bertz CT molecular complexity index is 513. The molecule has 0 heterocycles. The van der Waals surface area contributed by atoms with E-state index in [-0.39, 0.29) is 4.72 Å². The molecule has 1 aliphatic carbocycles. The molecule has 0 unspecified atom stereocenters. The Morgan fingerprint density at radius 3 is 1.24 bits per heavy atom. The predicted molar refractivity (Wildman–Crippen MR) is 43.2 cm³/mol. The van der Waals surface area contributed by atoms with Crippen LogP contribution in [0.3, 0.4) is 0 Å². The molecule has 126 valence electrons. The van der Waals surface area contributed by atoms with Crippen molar-refractivity contribution in [2.75, 3.05) is 0 Å². The van der Waals surface area contributed by atoms with Crippen LogP contribution in [-0.2, 0) is 10.3 Å². The number of hydrogen-bond donors (Lipinski definition) is 2. The second-order valence-corrected chi connectivity index (χ2v) is 5.18. The first-order valence-corrected chi connectivity index (χ1v) is 5.92. The van der Waals surface area contributed by atoms with Crippen molar-refractivity contribution in [3.05, 3.63) is 0 Å². The zero-order valence-electron chi connectivity index (χ0n) is 9.03. The summed E-state index contributed by atoms with van der Waals surface area (Å²) in [5.74, 6) is -34.5. The maximum atomic E-state index is 13.0. The molecule has 1 fully saturated rings. The largest absolute Gasteiger partial charge is 0.384 e. The fourth-order valence-electron chi connectivity index (χ4n) is 1.50. The highest BCUT2D eigenvalue weighted by molar-refractivity contribution is 7.83. The third-order valence-corrected chi connectivity index (χ3v) is 3.15. The molecule has 1 saturated carbocycles. The molecule has 0 aromatic heterocycles. The Morgan fingerprint density at radius 2 is 1.00 bits per heavy atom. The molecule has 1 aliphatic rings. The molecule has 0 radical (unpaired) electrons. The van der Waals surface area contributed by atoms with E-state index >= 15 is 0 Å². The Hall–Kier alpha value is -0.830. The van der Waals surface area contributed by atoms with Gasteiger partial charge in [0, 0.05) is 0 Å². The van der Waals surface area contributed by atoms with Gasteiger partial charge in [0.2, 0.25) is 0 Å². The van der Waals surface area contributed by atoms with E-state index in [0.29, 0.717) is 0 Å². The number of alkyl halides is 10. The molecule has 0 atom stereocenters. The van der Waals surface area contributed by atoms with Crippen molar-refractivity contribution in [3.8, 4) is 0 Å². The normalized spacial score (nSPS) is 30.0. The zero-order chi connectivity index (χ0) is 17.3. The van der Waals surface area contributed by atoms with Crippen LogP contribution in [0.15, 0.2) is 0 Å². The quantitative estimate of drug-likeness (QED) is 0.585. The second kappa shape index (κ2) is 4.13. The van der Waals surface area contributed by atoms with Crippen LogP contribution >= 0.6 is 0 Å². The summed E-state index contributed by atoms with van der Waals surface area (Å²) in [6, 6.07) is -5.01. The van der Waals surface area contributed by atoms with Crippen LogP contribution in [-0.4, -0.2) is 48.6 Å². The van der Waals surface area contributed by atoms with Crippen LogP contribution in [0, 0.1) is 0 Å². The summed E-state index contributed by atoms with van der Waals surface area (Å²) >= 11 is 0. The minimum Gasteiger partial charge on any atom is -0.273 e. The summed E-state index contributed by atoms with van der Waals surface area (Å²) in [5.41, 5.74) is 0. The van der Waals surface area contributed by atoms with Gasteiger partial charge in [0.1, 0.15) is 0 Å². The lowest BCUT2D eigenvalue weighted by Crippen LogP contribution is -2.82. The lowest BCUT2D eigenvalue weighted by Gasteiger charge is -2.49. The average molecular weight is 359 g/mol. The van der Waals surface area contributed by atoms with E-state index in [1.807, 2.05) is 0 Å². The molecule has 0 aromatic rings. The number of rotatable bonds is 2. The van der Waals surface area contributed by atoms with E-state index in [4.69, 9.17) is 4.55 Å². The Morgan fingerprint density at radius 1 is 0.714 bits per heavy atom. The van der Waals surface area contributed by atoms with Crippen LogP contribution < -0.4 is 4.72 Å². The smallest absolute Gasteiger partial charge is 0.273 e. The first-order valence-electron chi connectivity index (χ1n) is 4.48. The topological polar surface area (TPSA) is 66.4 Å². The lowest BCUT2D eigenvalue weighted by atomic mass is 9.79. The van der Waals surface area contributed by atoms with E-state index in [2.05, 4.69) is 0 Å². The van der Waals surface area contributed by atoms with Gasteiger partial charge in [0.05, 0.1) is 0 Å². The molecule has 4 nitrogen and oxygen atoms in total. The van der Waals surface area contributed by atoms with Crippen molar-refractivity contribution < 1.29 is 56.9 Å². The molecule has 15 heteroatoms. The SMILES string of the molecule is O=S(=O)(O)NC1C(F)(F)C(F)(F)C(F)(F)C(F)(F)C1(F)F. The molecular formula is C6H3F10NO3S. The van der Waals surface area contributed by atoms with Gasteiger partial charge in [-0.25, -0.2) is 0 Å². The fraction of sp³-hybridized carbons (Fsp3) is 1.00. The maximum absolute atomic E-state index is 13.0. The molecule has 0 saturated heterocycles. The van der Waals surface area contributed by atoms with Gasteiger partial charge in [-0.1, -0.05) is 0 Å². The average Bonchev–Trinajstić information content (AvgIpc) is 2.22. The zero-order valence-corrected chi connectivity index (χ0v) is 9.85. The summed E-state index contributed by atoms with van der Waals surface area (Å²) in [5, 5.41) is 0. The Kier molecular flexibility index (Phi) is 3.58. The van der Waals surface area contributed by atoms with Gasteiger partial charge in [-0.15, -0.1) is 0 Å². The van der Waals surface area contributed by atoms with Gasteiger partial charge < -0.3 is 0 Å². The number of nitrogens with one attached hydrogen (secondary N) is 1. The van der Waals surface area contributed by atoms with Gasteiger partial charge >= 0.3 is 39.9 Å². The van der Waals surface area contributed by atoms with Crippen LogP contribution in [0.4, 0.5) is 43.9 Å². The highest BCUT2D eigenvalue weighted by Gasteiger charge is 2.95. The summed E-state index contributed by atoms with van der Waals surface area (Å²) < 4.78 is 157. The molecule has 0 aliphatic heterocycles. The number of halogens is 10. The van der Waals surface area contributed by atoms with Crippen LogP contribution in [0.5, 0.6) is 0 Å². The van der Waals surface area contributed by atoms with E-state index < -0.39 is 46.0 Å². The first-order chi connectivity index (χ1) is 8.84.